The summed E-state index contributed by atoms with van der Waals surface area (Å²) in [5.74, 6) is 1.54. The number of benzene rings is 1. The molecule has 2 saturated heterocycles. The Balaban J connectivity index is 1.02. The van der Waals surface area contributed by atoms with Crippen LogP contribution in [0.4, 0.5) is 16.0 Å². The number of aromatic nitrogens is 8. The van der Waals surface area contributed by atoms with Crippen molar-refractivity contribution in [2.45, 2.75) is 19.4 Å². The number of nitrogens with two attached hydrogens (primary N) is 1. The average molecular weight is 625 g/mol. The lowest BCUT2D eigenvalue weighted by molar-refractivity contribution is -0.0240. The number of anilines is 2. The van der Waals surface area contributed by atoms with Crippen LogP contribution < -0.4 is 10.6 Å². The maximum absolute atomic E-state index is 13.5. The highest BCUT2D eigenvalue weighted by atomic mass is 19.1. The van der Waals surface area contributed by atoms with Crippen LogP contribution in [0.25, 0.3) is 39.8 Å². The van der Waals surface area contributed by atoms with E-state index in [1.807, 2.05) is 28.8 Å². The van der Waals surface area contributed by atoms with Crippen LogP contribution in [-0.2, 0) is 6.54 Å². The van der Waals surface area contributed by atoms with E-state index in [0.29, 0.717) is 45.3 Å². The number of nitriles is 1. The molecule has 13 heteroatoms. The van der Waals surface area contributed by atoms with E-state index in [-0.39, 0.29) is 5.82 Å². The first-order valence-electron chi connectivity index (χ1n) is 15.4. The minimum absolute atomic E-state index is 0.210. The summed E-state index contributed by atoms with van der Waals surface area (Å²) in [6.45, 7) is 4.82. The van der Waals surface area contributed by atoms with Crippen molar-refractivity contribution in [3.05, 3.63) is 96.6 Å². The second-order valence-corrected chi connectivity index (χ2v) is 12.1. The van der Waals surface area contributed by atoms with Gasteiger partial charge in [-0.1, -0.05) is 12.1 Å². The van der Waals surface area contributed by atoms with E-state index in [1.54, 1.807) is 24.7 Å². The third-order valence-corrected chi connectivity index (χ3v) is 9.05. The van der Waals surface area contributed by atoms with Gasteiger partial charge in [0.05, 0.1) is 23.7 Å². The highest BCUT2D eigenvalue weighted by molar-refractivity contribution is 5.81. The summed E-state index contributed by atoms with van der Waals surface area (Å²) in [6.07, 6.45) is 8.24. The number of fused-ring (bicyclic) bond motifs is 1. The zero-order valence-electron chi connectivity index (χ0n) is 25.3. The Kier molecular flexibility index (Phi) is 6.99. The molecule has 0 amide bonds. The number of nitrogens with zero attached hydrogens (tertiary/aromatic N) is 11. The summed E-state index contributed by atoms with van der Waals surface area (Å²) >= 11 is 0. The predicted molar refractivity (Wildman–Crippen MR) is 173 cm³/mol. The summed E-state index contributed by atoms with van der Waals surface area (Å²) in [6, 6.07) is 18.9. The average Bonchev–Trinajstić information content (AvgIpc) is 3.47. The Morgan fingerprint density at radius 1 is 0.851 bits per heavy atom. The van der Waals surface area contributed by atoms with Crippen LogP contribution in [-0.4, -0.2) is 70.5 Å². The largest absolute Gasteiger partial charge is 0.383 e. The highest BCUT2D eigenvalue weighted by Gasteiger charge is 2.44. The molecule has 232 valence electrons. The third kappa shape index (κ3) is 5.38. The van der Waals surface area contributed by atoms with Crippen molar-refractivity contribution in [2.24, 2.45) is 5.41 Å². The van der Waals surface area contributed by atoms with Crippen molar-refractivity contribution in [1.82, 2.24) is 44.4 Å². The number of pyridine rings is 2. The molecule has 47 heavy (non-hydrogen) atoms. The Morgan fingerprint density at radius 3 is 2.43 bits per heavy atom. The molecule has 0 aliphatic carbocycles. The molecule has 0 unspecified atom stereocenters. The Labute approximate surface area is 269 Å². The first-order valence-corrected chi connectivity index (χ1v) is 15.4. The molecule has 0 bridgehead atoms. The van der Waals surface area contributed by atoms with Gasteiger partial charge in [-0.3, -0.25) is 14.5 Å². The maximum atomic E-state index is 13.5. The predicted octanol–water partition coefficient (Wildman–Crippen LogP) is 4.42. The second-order valence-electron chi connectivity index (χ2n) is 12.1. The van der Waals surface area contributed by atoms with E-state index in [1.165, 1.54) is 11.6 Å². The lowest BCUT2D eigenvalue weighted by Gasteiger charge is -2.54. The molecule has 5 aromatic heterocycles. The van der Waals surface area contributed by atoms with E-state index in [4.69, 9.17) is 21.0 Å². The van der Waals surface area contributed by atoms with Gasteiger partial charge in [-0.15, -0.1) is 0 Å². The number of nitrogen functional groups attached to an aromatic ring is 1. The van der Waals surface area contributed by atoms with Gasteiger partial charge in [0.25, 0.3) is 0 Å². The van der Waals surface area contributed by atoms with Crippen LogP contribution in [0.3, 0.4) is 0 Å². The summed E-state index contributed by atoms with van der Waals surface area (Å²) in [7, 11) is 0. The molecule has 0 saturated carbocycles. The number of likely N-dealkylation sites (tertiary alicyclic amines) is 1. The molecule has 1 spiro atoms. The van der Waals surface area contributed by atoms with Crippen molar-refractivity contribution in [1.29, 1.82) is 5.26 Å². The monoisotopic (exact) mass is 624 g/mol. The lowest BCUT2D eigenvalue weighted by Crippen LogP contribution is -2.59. The van der Waals surface area contributed by atoms with E-state index in [0.717, 1.165) is 63.3 Å². The summed E-state index contributed by atoms with van der Waals surface area (Å²) in [5, 5.41) is 9.15. The molecule has 7 heterocycles. The molecule has 8 rings (SSSR count). The fraction of sp³-hybridized carbons (Fsp3) is 0.235. The molecule has 2 fully saturated rings. The van der Waals surface area contributed by atoms with Crippen LogP contribution in [0.2, 0.25) is 0 Å². The second kappa shape index (κ2) is 11.5. The van der Waals surface area contributed by atoms with Gasteiger partial charge >= 0.3 is 0 Å². The number of hydrogen-bond donors (Lipinski definition) is 1. The standard InChI is InChI=1S/C34H29FN12/c35-23-5-8-26(40-17-23)27-18-41-31-33(42-27)47(32(44-31)25-2-1-12-39-30(25)37)24-6-3-22(4-7-24)19-45-20-34(21-45)10-14-46(15-11-34)29-9-13-38-28(16-36)43-29/h1-9,12-13,17-18H,10-11,14-15,19-21H2,(H2,37,39). The molecule has 0 atom stereocenters. The van der Waals surface area contributed by atoms with E-state index < -0.39 is 5.82 Å². The van der Waals surface area contributed by atoms with E-state index >= 15 is 0 Å². The zero-order valence-corrected chi connectivity index (χ0v) is 25.3. The Morgan fingerprint density at radius 2 is 1.68 bits per heavy atom. The van der Waals surface area contributed by atoms with Crippen molar-refractivity contribution in [3.8, 4) is 34.5 Å². The normalized spacial score (nSPS) is 15.9. The summed E-state index contributed by atoms with van der Waals surface area (Å²) in [5.41, 5.74) is 11.3. The van der Waals surface area contributed by atoms with Crippen LogP contribution >= 0.6 is 0 Å². The van der Waals surface area contributed by atoms with Gasteiger partial charge in [0.1, 0.15) is 29.2 Å². The molecule has 6 aromatic rings. The Bertz CT molecular complexity index is 2120. The fourth-order valence-corrected chi connectivity index (χ4v) is 6.66. The van der Waals surface area contributed by atoms with Gasteiger partial charge in [-0.25, -0.2) is 34.3 Å². The number of piperidine rings is 1. The van der Waals surface area contributed by atoms with Gasteiger partial charge < -0.3 is 10.6 Å². The SMILES string of the molecule is N#Cc1nccc(N2CCC3(CC2)CN(Cc2ccc(-n4c(-c5cccnc5N)nc5ncc(-c6ccc(F)cn6)nc54)cc2)C3)n1. The third-order valence-electron chi connectivity index (χ3n) is 9.05. The first kappa shape index (κ1) is 28.6. The number of imidazole rings is 1. The molecule has 2 aliphatic rings. The first-order chi connectivity index (χ1) is 23.0. The van der Waals surface area contributed by atoms with Crippen LogP contribution in [0.5, 0.6) is 0 Å². The van der Waals surface area contributed by atoms with Gasteiger partial charge in [0, 0.05) is 50.8 Å². The molecule has 2 N–H and O–H groups in total. The smallest absolute Gasteiger partial charge is 0.234 e. The van der Waals surface area contributed by atoms with E-state index in [9.17, 15) is 4.39 Å². The number of halogens is 1. The molecule has 2 aliphatic heterocycles. The quantitative estimate of drug-likeness (QED) is 0.280. The molecular formula is C34H29FN12. The lowest BCUT2D eigenvalue weighted by atomic mass is 9.72. The molecule has 1 aromatic carbocycles. The van der Waals surface area contributed by atoms with Crippen LogP contribution in [0, 0.1) is 22.6 Å². The number of hydrogen-bond acceptors (Lipinski definition) is 11. The zero-order chi connectivity index (χ0) is 32.0. The van der Waals surface area contributed by atoms with Crippen molar-refractivity contribution < 1.29 is 4.39 Å². The maximum Gasteiger partial charge on any atom is 0.234 e. The molecular weight excluding hydrogens is 595 g/mol. The highest BCUT2D eigenvalue weighted by Crippen LogP contribution is 2.42. The molecule has 12 nitrogen and oxygen atoms in total. The van der Waals surface area contributed by atoms with Crippen LogP contribution in [0.1, 0.15) is 24.2 Å². The van der Waals surface area contributed by atoms with Crippen molar-refractivity contribution >= 4 is 22.9 Å². The Hall–Kier alpha value is -5.87. The van der Waals surface area contributed by atoms with Gasteiger partial charge in [-0.05, 0) is 66.3 Å². The van der Waals surface area contributed by atoms with Gasteiger partial charge in [-0.2, -0.15) is 5.26 Å². The molecule has 0 radical (unpaired) electrons. The fourth-order valence-electron chi connectivity index (χ4n) is 6.66. The summed E-state index contributed by atoms with van der Waals surface area (Å²) < 4.78 is 15.5. The topological polar surface area (TPSA) is 151 Å². The number of rotatable bonds is 6. The minimum atomic E-state index is -0.421. The van der Waals surface area contributed by atoms with Crippen molar-refractivity contribution in [2.75, 3.05) is 36.8 Å². The van der Waals surface area contributed by atoms with Crippen molar-refractivity contribution in [3.63, 3.8) is 0 Å². The minimum Gasteiger partial charge on any atom is -0.383 e. The van der Waals surface area contributed by atoms with Crippen LogP contribution in [0.15, 0.2) is 79.4 Å². The van der Waals surface area contributed by atoms with E-state index in [2.05, 4.69) is 59.0 Å². The summed E-state index contributed by atoms with van der Waals surface area (Å²) in [4.78, 5) is 35.8. The van der Waals surface area contributed by atoms with Gasteiger partial charge in [0.2, 0.25) is 5.82 Å². The van der Waals surface area contributed by atoms with Gasteiger partial charge in [0.15, 0.2) is 17.1 Å².